The fourth-order valence-electron chi connectivity index (χ4n) is 1.35. The highest BCUT2D eigenvalue weighted by Crippen LogP contribution is 2.33. The summed E-state index contributed by atoms with van der Waals surface area (Å²) in [4.78, 5) is 13.0. The van der Waals surface area contributed by atoms with Crippen molar-refractivity contribution in [2.45, 2.75) is 13.1 Å². The van der Waals surface area contributed by atoms with Gasteiger partial charge in [0, 0.05) is 16.2 Å². The van der Waals surface area contributed by atoms with Gasteiger partial charge in [0.05, 0.1) is 11.3 Å². The summed E-state index contributed by atoms with van der Waals surface area (Å²) in [6.07, 6.45) is -4.38. The first-order valence-corrected chi connectivity index (χ1v) is 6.02. The molecule has 0 aliphatic heterocycles. The molecule has 18 heavy (non-hydrogen) atoms. The summed E-state index contributed by atoms with van der Waals surface area (Å²) in [5.74, 6) is -0.326. The molecule has 0 radical (unpaired) electrons. The zero-order chi connectivity index (χ0) is 14.1. The van der Waals surface area contributed by atoms with Gasteiger partial charge in [-0.3, -0.25) is 4.79 Å². The Morgan fingerprint density at radius 1 is 1.39 bits per heavy atom. The van der Waals surface area contributed by atoms with Crippen LogP contribution < -0.4 is 4.90 Å². The van der Waals surface area contributed by atoms with Crippen LogP contribution in [-0.4, -0.2) is 13.0 Å². The number of nitrogens with zero attached hydrogens (tertiary/aromatic N) is 1. The normalized spacial score (nSPS) is 11.2. The SMILES string of the molecule is C=C(C)C(=O)N(C)c1ccc(C(F)(F)F)cc1I. The Labute approximate surface area is 117 Å². The number of anilines is 1. The van der Waals surface area contributed by atoms with Crippen LogP contribution in [0, 0.1) is 3.57 Å². The predicted molar refractivity (Wildman–Crippen MR) is 72.4 cm³/mol. The van der Waals surface area contributed by atoms with Crippen molar-refractivity contribution in [3.63, 3.8) is 0 Å². The lowest BCUT2D eigenvalue weighted by Gasteiger charge is -2.20. The number of carbonyl (C=O) groups is 1. The van der Waals surface area contributed by atoms with Crippen LogP contribution in [0.2, 0.25) is 0 Å². The Balaban J connectivity index is 3.14. The first-order valence-electron chi connectivity index (χ1n) is 4.95. The summed E-state index contributed by atoms with van der Waals surface area (Å²) >= 11 is 1.77. The Hall–Kier alpha value is -1.05. The van der Waals surface area contributed by atoms with Crippen LogP contribution in [0.25, 0.3) is 0 Å². The summed E-state index contributed by atoms with van der Waals surface area (Å²) < 4.78 is 37.8. The Morgan fingerprint density at radius 3 is 2.33 bits per heavy atom. The van der Waals surface area contributed by atoms with Gasteiger partial charge >= 0.3 is 6.18 Å². The lowest BCUT2D eigenvalue weighted by molar-refractivity contribution is -0.137. The summed E-state index contributed by atoms with van der Waals surface area (Å²) in [5.41, 5.74) is 0.0246. The highest BCUT2D eigenvalue weighted by atomic mass is 127. The van der Waals surface area contributed by atoms with Crippen molar-refractivity contribution in [2.24, 2.45) is 0 Å². The van der Waals surface area contributed by atoms with E-state index in [1.54, 1.807) is 29.5 Å². The minimum absolute atomic E-state index is 0.326. The van der Waals surface area contributed by atoms with Gasteiger partial charge in [-0.2, -0.15) is 13.2 Å². The molecule has 0 saturated heterocycles. The standard InChI is InChI=1S/C12H11F3INO/c1-7(2)11(18)17(3)10-5-4-8(6-9(10)16)12(13,14)15/h4-6H,1H2,2-3H3. The number of hydrogen-bond acceptors (Lipinski definition) is 1. The van der Waals surface area contributed by atoms with Crippen molar-refractivity contribution in [2.75, 3.05) is 11.9 Å². The lowest BCUT2D eigenvalue weighted by Crippen LogP contribution is -2.27. The molecule has 0 atom stereocenters. The fraction of sp³-hybridized carbons (Fsp3) is 0.250. The fourth-order valence-corrected chi connectivity index (χ4v) is 2.23. The molecule has 0 unspecified atom stereocenters. The summed E-state index contributed by atoms with van der Waals surface area (Å²) in [5, 5.41) is 0. The first kappa shape index (κ1) is 15.0. The second-order valence-electron chi connectivity index (χ2n) is 3.81. The molecule has 0 fully saturated rings. The van der Waals surface area contributed by atoms with Crippen LogP contribution in [0.3, 0.4) is 0 Å². The van der Waals surface area contributed by atoms with Gasteiger partial charge in [-0.05, 0) is 47.7 Å². The third-order valence-electron chi connectivity index (χ3n) is 2.31. The molecule has 1 rings (SSSR count). The van der Waals surface area contributed by atoms with E-state index in [1.807, 2.05) is 0 Å². The quantitative estimate of drug-likeness (QED) is 0.573. The molecule has 1 amide bonds. The Bertz CT molecular complexity index is 497. The average molecular weight is 369 g/mol. The monoisotopic (exact) mass is 369 g/mol. The third kappa shape index (κ3) is 3.24. The molecule has 6 heteroatoms. The molecular weight excluding hydrogens is 358 g/mol. The van der Waals surface area contributed by atoms with E-state index in [1.165, 1.54) is 18.0 Å². The molecule has 1 aromatic carbocycles. The van der Waals surface area contributed by atoms with Gasteiger partial charge in [-0.15, -0.1) is 0 Å². The van der Waals surface area contributed by atoms with Gasteiger partial charge in [0.2, 0.25) is 0 Å². The second kappa shape index (κ2) is 5.29. The highest BCUT2D eigenvalue weighted by Gasteiger charge is 2.31. The zero-order valence-corrected chi connectivity index (χ0v) is 12.0. The molecule has 0 aromatic heterocycles. The van der Waals surface area contributed by atoms with E-state index in [0.29, 0.717) is 14.8 Å². The molecule has 0 saturated carbocycles. The number of rotatable bonds is 2. The van der Waals surface area contributed by atoms with E-state index in [4.69, 9.17) is 0 Å². The van der Waals surface area contributed by atoms with Gasteiger partial charge < -0.3 is 4.90 Å². The van der Waals surface area contributed by atoms with E-state index >= 15 is 0 Å². The van der Waals surface area contributed by atoms with Crippen molar-refractivity contribution in [3.8, 4) is 0 Å². The average Bonchev–Trinajstić information content (AvgIpc) is 2.25. The van der Waals surface area contributed by atoms with E-state index in [-0.39, 0.29) is 5.91 Å². The van der Waals surface area contributed by atoms with Gasteiger partial charge in [0.25, 0.3) is 5.91 Å². The largest absolute Gasteiger partial charge is 0.416 e. The van der Waals surface area contributed by atoms with Crippen LogP contribution in [0.1, 0.15) is 12.5 Å². The van der Waals surface area contributed by atoms with Crippen molar-refractivity contribution in [3.05, 3.63) is 39.5 Å². The summed E-state index contributed by atoms with van der Waals surface area (Å²) in [6.45, 7) is 5.07. The van der Waals surface area contributed by atoms with Crippen LogP contribution in [-0.2, 0) is 11.0 Å². The zero-order valence-electron chi connectivity index (χ0n) is 9.81. The van der Waals surface area contributed by atoms with Gasteiger partial charge in [-0.1, -0.05) is 6.58 Å². The molecule has 1 aromatic rings. The molecule has 0 heterocycles. The minimum atomic E-state index is -4.38. The van der Waals surface area contributed by atoms with Gasteiger partial charge in [0.1, 0.15) is 0 Å². The van der Waals surface area contributed by atoms with Crippen LogP contribution in [0.4, 0.5) is 18.9 Å². The minimum Gasteiger partial charge on any atom is -0.311 e. The van der Waals surface area contributed by atoms with Crippen LogP contribution >= 0.6 is 22.6 Å². The van der Waals surface area contributed by atoms with Crippen LogP contribution in [0.5, 0.6) is 0 Å². The number of benzene rings is 1. The van der Waals surface area contributed by atoms with Gasteiger partial charge in [-0.25, -0.2) is 0 Å². The second-order valence-corrected chi connectivity index (χ2v) is 4.97. The first-order chi connectivity index (χ1) is 8.14. The van der Waals surface area contributed by atoms with E-state index in [2.05, 4.69) is 6.58 Å². The topological polar surface area (TPSA) is 20.3 Å². The molecule has 0 spiro atoms. The van der Waals surface area contributed by atoms with Crippen LogP contribution in [0.15, 0.2) is 30.4 Å². The summed E-state index contributed by atoms with van der Waals surface area (Å²) in [7, 11) is 1.50. The van der Waals surface area contributed by atoms with E-state index in [0.717, 1.165) is 12.1 Å². The molecule has 98 valence electrons. The van der Waals surface area contributed by atoms with Crippen molar-refractivity contribution in [1.82, 2.24) is 0 Å². The third-order valence-corrected chi connectivity index (χ3v) is 3.17. The molecule has 2 nitrogen and oxygen atoms in total. The number of carbonyl (C=O) groups excluding carboxylic acids is 1. The number of amides is 1. The van der Waals surface area contributed by atoms with E-state index < -0.39 is 11.7 Å². The number of likely N-dealkylation sites (N-methyl/N-ethyl adjacent to an activating group) is 1. The van der Waals surface area contributed by atoms with E-state index in [9.17, 15) is 18.0 Å². The summed E-state index contributed by atoms with van der Waals surface area (Å²) in [6, 6.07) is 3.25. The smallest absolute Gasteiger partial charge is 0.311 e. The number of halogens is 4. The maximum absolute atomic E-state index is 12.5. The maximum Gasteiger partial charge on any atom is 0.416 e. The van der Waals surface area contributed by atoms with Crippen molar-refractivity contribution in [1.29, 1.82) is 0 Å². The molecule has 0 aliphatic rings. The molecule has 0 N–H and O–H groups in total. The number of alkyl halides is 3. The lowest BCUT2D eigenvalue weighted by atomic mass is 10.2. The highest BCUT2D eigenvalue weighted by molar-refractivity contribution is 14.1. The molecule has 0 aliphatic carbocycles. The van der Waals surface area contributed by atoms with Crippen molar-refractivity contribution >= 4 is 34.2 Å². The molecular formula is C12H11F3INO. The number of hydrogen-bond donors (Lipinski definition) is 0. The van der Waals surface area contributed by atoms with Gasteiger partial charge in [0.15, 0.2) is 0 Å². The maximum atomic E-state index is 12.5. The van der Waals surface area contributed by atoms with Crippen molar-refractivity contribution < 1.29 is 18.0 Å². The molecule has 0 bridgehead atoms. The Kier molecular flexibility index (Phi) is 4.41. The Morgan fingerprint density at radius 2 is 1.94 bits per heavy atom. The predicted octanol–water partition coefficient (Wildman–Crippen LogP) is 3.85.